The second-order valence-electron chi connectivity index (χ2n) is 8.79. The van der Waals surface area contributed by atoms with Crippen LogP contribution in [0.2, 0.25) is 0 Å². The van der Waals surface area contributed by atoms with Gasteiger partial charge in [-0.15, -0.1) is 0 Å². The largest absolute Gasteiger partial charge is 0.372 e. The Hall–Kier alpha value is -0.120. The van der Waals surface area contributed by atoms with E-state index >= 15 is 0 Å². The number of nitrogens with zero attached hydrogens (tertiary/aromatic N) is 2. The topological polar surface area (TPSA) is 15.7 Å². The number of hydrogen-bond acceptors (Lipinski definition) is 3. The first-order valence-corrected chi connectivity index (χ1v) is 11.9. The van der Waals surface area contributed by atoms with Crippen LogP contribution >= 0.6 is 0 Å². The van der Waals surface area contributed by atoms with Crippen LogP contribution < -0.4 is 0 Å². The van der Waals surface area contributed by atoms with Crippen molar-refractivity contribution in [3.63, 3.8) is 0 Å². The molecule has 0 aliphatic carbocycles. The highest BCUT2D eigenvalue weighted by molar-refractivity contribution is 4.82. The summed E-state index contributed by atoms with van der Waals surface area (Å²) in [5.41, 5.74) is 0. The van der Waals surface area contributed by atoms with E-state index in [0.29, 0.717) is 24.3 Å². The molecule has 0 amide bonds. The maximum absolute atomic E-state index is 6.83. The second-order valence-corrected chi connectivity index (χ2v) is 8.79. The van der Waals surface area contributed by atoms with Gasteiger partial charge >= 0.3 is 0 Å². The van der Waals surface area contributed by atoms with Crippen LogP contribution in [0.3, 0.4) is 0 Å². The predicted molar refractivity (Wildman–Crippen MR) is 122 cm³/mol. The highest BCUT2D eigenvalue weighted by atomic mass is 16.5. The number of rotatable bonds is 18. The zero-order chi connectivity index (χ0) is 20.7. The summed E-state index contributed by atoms with van der Waals surface area (Å²) >= 11 is 0. The summed E-state index contributed by atoms with van der Waals surface area (Å²) in [5.74, 6) is 0. The number of hydrogen-bond donors (Lipinski definition) is 0. The maximum Gasteiger partial charge on any atom is 0.0731 e. The summed E-state index contributed by atoms with van der Waals surface area (Å²) in [6.07, 6.45) is 16.1. The van der Waals surface area contributed by atoms with E-state index in [-0.39, 0.29) is 0 Å². The average molecular weight is 385 g/mol. The number of ether oxygens (including phenoxy) is 1. The molecule has 0 saturated heterocycles. The second kappa shape index (κ2) is 16.8. The van der Waals surface area contributed by atoms with E-state index < -0.39 is 0 Å². The van der Waals surface area contributed by atoms with Crippen molar-refractivity contribution in [3.05, 3.63) is 0 Å². The Morgan fingerprint density at radius 1 is 0.556 bits per heavy atom. The Balaban J connectivity index is 4.90. The molecule has 0 aromatic carbocycles. The third-order valence-corrected chi connectivity index (χ3v) is 6.05. The molecule has 0 saturated carbocycles. The molecular formula is C24H52N2O. The molecule has 0 bridgehead atoms. The molecule has 0 N–H and O–H groups in total. The molecular weight excluding hydrogens is 332 g/mol. The first-order valence-electron chi connectivity index (χ1n) is 11.9. The molecule has 0 aliphatic rings. The fourth-order valence-corrected chi connectivity index (χ4v) is 4.26. The minimum Gasteiger partial charge on any atom is -0.372 e. The molecule has 0 aromatic heterocycles. The predicted octanol–water partition coefficient (Wildman–Crippen LogP) is 6.36. The lowest BCUT2D eigenvalue weighted by molar-refractivity contribution is -0.0850. The van der Waals surface area contributed by atoms with Crippen LogP contribution in [-0.4, -0.2) is 62.3 Å². The van der Waals surface area contributed by atoms with Crippen molar-refractivity contribution in [1.82, 2.24) is 9.80 Å². The molecule has 0 radical (unpaired) electrons. The van der Waals surface area contributed by atoms with E-state index in [0.717, 1.165) is 12.8 Å². The fraction of sp³-hybridized carbons (Fsp3) is 1.00. The number of unbranched alkanes of at least 4 members (excludes halogenated alkanes) is 6. The van der Waals surface area contributed by atoms with Gasteiger partial charge in [0.05, 0.1) is 12.2 Å². The normalized spacial score (nSPS) is 16.7. The van der Waals surface area contributed by atoms with Gasteiger partial charge in [0.25, 0.3) is 0 Å². The lowest BCUT2D eigenvalue weighted by Gasteiger charge is -2.38. The van der Waals surface area contributed by atoms with E-state index in [1.165, 1.54) is 64.2 Å². The van der Waals surface area contributed by atoms with Crippen LogP contribution in [0.15, 0.2) is 0 Å². The van der Waals surface area contributed by atoms with Gasteiger partial charge in [-0.1, -0.05) is 79.1 Å². The van der Waals surface area contributed by atoms with Crippen LogP contribution in [0.1, 0.15) is 105 Å². The maximum atomic E-state index is 6.83. The average Bonchev–Trinajstić information content (AvgIpc) is 2.64. The van der Waals surface area contributed by atoms with Crippen molar-refractivity contribution in [2.24, 2.45) is 0 Å². The third kappa shape index (κ3) is 11.5. The van der Waals surface area contributed by atoms with Gasteiger partial charge in [-0.05, 0) is 53.9 Å². The highest BCUT2D eigenvalue weighted by Gasteiger charge is 2.29. The van der Waals surface area contributed by atoms with Crippen molar-refractivity contribution < 1.29 is 4.74 Å². The molecule has 0 rings (SSSR count). The number of likely N-dealkylation sites (N-methyl/N-ethyl adjacent to an activating group) is 2. The zero-order valence-electron chi connectivity index (χ0n) is 20.1. The Kier molecular flexibility index (Phi) is 16.7. The first-order chi connectivity index (χ1) is 12.9. The SMILES string of the molecule is CCCCCCC(C(CC)OC(CC)C(CCCCCC)N(C)C)N(C)C. The minimum absolute atomic E-state index is 0.338. The minimum atomic E-state index is 0.338. The van der Waals surface area contributed by atoms with E-state index in [1.54, 1.807) is 0 Å². The standard InChI is InChI=1S/C24H52N2O/c1-9-13-15-17-19-21(25(5)6)23(11-3)27-24(12-4)22(26(7)8)20-18-16-14-10-2/h21-24H,9-20H2,1-8H3. The Morgan fingerprint density at radius 3 is 1.19 bits per heavy atom. The monoisotopic (exact) mass is 384 g/mol. The summed E-state index contributed by atoms with van der Waals surface area (Å²) in [6, 6.07) is 1.06. The van der Waals surface area contributed by atoms with E-state index in [1.807, 2.05) is 0 Å². The molecule has 164 valence electrons. The van der Waals surface area contributed by atoms with Gasteiger partial charge in [0.2, 0.25) is 0 Å². The fourth-order valence-electron chi connectivity index (χ4n) is 4.26. The van der Waals surface area contributed by atoms with Crippen molar-refractivity contribution in [3.8, 4) is 0 Å². The zero-order valence-corrected chi connectivity index (χ0v) is 20.1. The quantitative estimate of drug-likeness (QED) is 0.256. The molecule has 0 aliphatic heterocycles. The van der Waals surface area contributed by atoms with Crippen molar-refractivity contribution in [2.75, 3.05) is 28.2 Å². The molecule has 3 nitrogen and oxygen atoms in total. The summed E-state index contributed by atoms with van der Waals surface area (Å²) in [4.78, 5) is 4.80. The van der Waals surface area contributed by atoms with Gasteiger partial charge in [0.15, 0.2) is 0 Å². The summed E-state index contributed by atoms with van der Waals surface area (Å²) in [5, 5.41) is 0. The summed E-state index contributed by atoms with van der Waals surface area (Å²) < 4.78 is 6.83. The van der Waals surface area contributed by atoms with Crippen LogP contribution in [0, 0.1) is 0 Å². The van der Waals surface area contributed by atoms with Crippen molar-refractivity contribution in [2.45, 2.75) is 129 Å². The van der Waals surface area contributed by atoms with Crippen molar-refractivity contribution in [1.29, 1.82) is 0 Å². The van der Waals surface area contributed by atoms with E-state index in [4.69, 9.17) is 4.74 Å². The molecule has 3 heteroatoms. The Labute approximate surface area is 172 Å². The molecule has 0 heterocycles. The van der Waals surface area contributed by atoms with Crippen LogP contribution in [0.25, 0.3) is 0 Å². The smallest absolute Gasteiger partial charge is 0.0731 e. The Bertz CT molecular complexity index is 290. The molecule has 4 atom stereocenters. The van der Waals surface area contributed by atoms with Gasteiger partial charge in [-0.3, -0.25) is 0 Å². The summed E-state index contributed by atoms with van der Waals surface area (Å²) in [7, 11) is 8.91. The van der Waals surface area contributed by atoms with Crippen LogP contribution in [0.4, 0.5) is 0 Å². The lowest BCUT2D eigenvalue weighted by atomic mass is 9.97. The van der Waals surface area contributed by atoms with Gasteiger partial charge in [-0.25, -0.2) is 0 Å². The first kappa shape index (κ1) is 26.9. The molecule has 0 aromatic rings. The molecule has 4 unspecified atom stereocenters. The molecule has 0 fully saturated rings. The molecule has 0 spiro atoms. The summed E-state index contributed by atoms with van der Waals surface area (Å²) in [6.45, 7) is 9.17. The van der Waals surface area contributed by atoms with Gasteiger partial charge in [-0.2, -0.15) is 0 Å². The lowest BCUT2D eigenvalue weighted by Crippen LogP contribution is -2.47. The van der Waals surface area contributed by atoms with Gasteiger partial charge in [0, 0.05) is 12.1 Å². The molecule has 27 heavy (non-hydrogen) atoms. The van der Waals surface area contributed by atoms with Crippen LogP contribution in [0.5, 0.6) is 0 Å². The Morgan fingerprint density at radius 2 is 0.926 bits per heavy atom. The van der Waals surface area contributed by atoms with E-state index in [2.05, 4.69) is 65.7 Å². The third-order valence-electron chi connectivity index (χ3n) is 6.05. The van der Waals surface area contributed by atoms with Gasteiger partial charge < -0.3 is 14.5 Å². The van der Waals surface area contributed by atoms with Crippen molar-refractivity contribution >= 4 is 0 Å². The highest BCUT2D eigenvalue weighted by Crippen LogP contribution is 2.23. The van der Waals surface area contributed by atoms with Gasteiger partial charge in [0.1, 0.15) is 0 Å². The van der Waals surface area contributed by atoms with Crippen LogP contribution in [-0.2, 0) is 4.74 Å². The van der Waals surface area contributed by atoms with E-state index in [9.17, 15) is 0 Å².